The summed E-state index contributed by atoms with van der Waals surface area (Å²) in [6, 6.07) is 3.46. The Morgan fingerprint density at radius 1 is 1.05 bits per heavy atom. The van der Waals surface area contributed by atoms with Gasteiger partial charge in [0, 0.05) is 12.1 Å². The van der Waals surface area contributed by atoms with Crippen molar-refractivity contribution in [3.8, 4) is 0 Å². The molecule has 2 heterocycles. The second kappa shape index (κ2) is 3.91. The van der Waals surface area contributed by atoms with Crippen LogP contribution in [0, 0.1) is 13.8 Å². The third-order valence-corrected chi connectivity index (χ3v) is 3.87. The Labute approximate surface area is 110 Å². The summed E-state index contributed by atoms with van der Waals surface area (Å²) in [5, 5.41) is 28.7. The molecular weight excluding hydrogens is 248 g/mol. The van der Waals surface area contributed by atoms with Crippen LogP contribution in [0.25, 0.3) is 0 Å². The molecule has 4 atom stereocenters. The number of hydrogen-bond acceptors (Lipinski definition) is 6. The molecule has 1 aliphatic rings. The molecule has 0 aliphatic heterocycles. The van der Waals surface area contributed by atoms with Crippen molar-refractivity contribution in [3.63, 3.8) is 0 Å². The quantitative estimate of drug-likeness (QED) is 0.848. The van der Waals surface area contributed by atoms with Crippen molar-refractivity contribution < 1.29 is 19.3 Å². The van der Waals surface area contributed by atoms with Crippen molar-refractivity contribution in [1.29, 1.82) is 0 Å². The molecule has 0 spiro atoms. The fraction of sp³-hybridized carbons (Fsp3) is 0.538. The Morgan fingerprint density at radius 2 is 1.47 bits per heavy atom. The lowest BCUT2D eigenvalue weighted by atomic mass is 9.57. The molecule has 19 heavy (non-hydrogen) atoms. The van der Waals surface area contributed by atoms with E-state index in [4.69, 9.17) is 9.05 Å². The number of rotatable bonds is 2. The van der Waals surface area contributed by atoms with Gasteiger partial charge in [-0.25, -0.2) is 0 Å². The third-order valence-electron chi connectivity index (χ3n) is 3.87. The van der Waals surface area contributed by atoms with Crippen molar-refractivity contribution >= 4 is 0 Å². The molecule has 0 saturated heterocycles. The number of aromatic nitrogens is 2. The third kappa shape index (κ3) is 1.71. The highest BCUT2D eigenvalue weighted by atomic mass is 16.5. The van der Waals surface area contributed by atoms with Gasteiger partial charge in [0.15, 0.2) is 0 Å². The predicted molar refractivity (Wildman–Crippen MR) is 64.6 cm³/mol. The van der Waals surface area contributed by atoms with E-state index in [-0.39, 0.29) is 0 Å². The lowest BCUT2D eigenvalue weighted by Crippen LogP contribution is -2.60. The molecule has 0 bridgehead atoms. The van der Waals surface area contributed by atoms with E-state index in [2.05, 4.69) is 10.3 Å². The molecule has 2 aromatic rings. The van der Waals surface area contributed by atoms with Crippen LogP contribution in [-0.2, 0) is 0 Å². The predicted octanol–water partition coefficient (Wildman–Crippen LogP) is 1.27. The minimum atomic E-state index is -1.13. The monoisotopic (exact) mass is 264 g/mol. The van der Waals surface area contributed by atoms with Gasteiger partial charge in [0.25, 0.3) is 0 Å². The van der Waals surface area contributed by atoms with E-state index in [1.54, 1.807) is 32.9 Å². The smallest absolute Gasteiger partial charge is 0.133 e. The van der Waals surface area contributed by atoms with Crippen molar-refractivity contribution in [2.24, 2.45) is 0 Å². The van der Waals surface area contributed by atoms with Crippen molar-refractivity contribution in [2.45, 2.75) is 44.3 Å². The first-order chi connectivity index (χ1) is 8.91. The molecule has 6 heteroatoms. The molecule has 6 nitrogen and oxygen atoms in total. The highest BCUT2D eigenvalue weighted by Gasteiger charge is 2.61. The Bertz CT molecular complexity index is 551. The van der Waals surface area contributed by atoms with Crippen LogP contribution >= 0.6 is 0 Å². The summed E-state index contributed by atoms with van der Waals surface area (Å²) in [4.78, 5) is 0. The molecule has 2 unspecified atom stereocenters. The number of aliphatic hydroxyl groups excluding tert-OH is 1. The molecule has 0 radical (unpaired) electrons. The summed E-state index contributed by atoms with van der Waals surface area (Å²) in [7, 11) is 0. The highest BCUT2D eigenvalue weighted by molar-refractivity contribution is 5.33. The first-order valence-corrected chi connectivity index (χ1v) is 6.18. The fourth-order valence-electron chi connectivity index (χ4n) is 2.97. The van der Waals surface area contributed by atoms with E-state index < -0.39 is 23.5 Å². The SMILES string of the molecule is Cc1cc([C@@H]2C(O)[C@H](c3cc(C)on3)C2(C)O)no1. The van der Waals surface area contributed by atoms with E-state index in [1.807, 2.05) is 0 Å². The molecule has 102 valence electrons. The van der Waals surface area contributed by atoms with E-state index in [0.29, 0.717) is 22.9 Å². The Hall–Kier alpha value is -1.66. The van der Waals surface area contributed by atoms with Gasteiger partial charge in [-0.15, -0.1) is 0 Å². The van der Waals surface area contributed by atoms with E-state index >= 15 is 0 Å². The van der Waals surface area contributed by atoms with Crippen molar-refractivity contribution in [1.82, 2.24) is 10.3 Å². The maximum atomic E-state index is 10.6. The molecule has 0 amide bonds. The standard InChI is InChI=1S/C13H16N2O4/c1-6-4-8(14-18-6)10-12(16)11(13(10,3)17)9-5-7(2)19-15-9/h4-5,10-12,16-17H,1-3H3/t10-,11+,12?,13?. The van der Waals surface area contributed by atoms with Crippen molar-refractivity contribution in [2.75, 3.05) is 0 Å². The van der Waals surface area contributed by atoms with Gasteiger partial charge in [-0.1, -0.05) is 10.3 Å². The Kier molecular flexibility index (Phi) is 2.55. The molecule has 3 rings (SSSR count). The van der Waals surface area contributed by atoms with Crippen LogP contribution in [0.3, 0.4) is 0 Å². The zero-order valence-corrected chi connectivity index (χ0v) is 11.0. The normalized spacial score (nSPS) is 34.3. The number of aliphatic hydroxyl groups is 2. The summed E-state index contributed by atoms with van der Waals surface area (Å²) in [6.45, 7) is 5.21. The highest BCUT2D eigenvalue weighted by Crippen LogP contribution is 2.55. The van der Waals surface area contributed by atoms with E-state index in [1.165, 1.54) is 0 Å². The number of hydrogen-bond donors (Lipinski definition) is 2. The zero-order valence-electron chi connectivity index (χ0n) is 11.0. The maximum Gasteiger partial charge on any atom is 0.133 e. The maximum absolute atomic E-state index is 10.6. The van der Waals surface area contributed by atoms with Crippen LogP contribution in [0.15, 0.2) is 21.2 Å². The zero-order chi connectivity index (χ0) is 13.8. The van der Waals surface area contributed by atoms with Crippen LogP contribution in [0.4, 0.5) is 0 Å². The van der Waals surface area contributed by atoms with Gasteiger partial charge in [-0.05, 0) is 20.8 Å². The van der Waals surface area contributed by atoms with Crippen LogP contribution < -0.4 is 0 Å². The molecule has 2 N–H and O–H groups in total. The Balaban J connectivity index is 1.92. The average molecular weight is 264 g/mol. The van der Waals surface area contributed by atoms with E-state index in [0.717, 1.165) is 0 Å². The van der Waals surface area contributed by atoms with Crippen LogP contribution in [0.2, 0.25) is 0 Å². The second-order valence-corrected chi connectivity index (χ2v) is 5.40. The van der Waals surface area contributed by atoms with Crippen LogP contribution in [-0.4, -0.2) is 32.2 Å². The summed E-state index contributed by atoms with van der Waals surface area (Å²) >= 11 is 0. The molecular formula is C13H16N2O4. The average Bonchev–Trinajstić information content (AvgIpc) is 2.88. The lowest BCUT2D eigenvalue weighted by Gasteiger charge is -2.52. The van der Waals surface area contributed by atoms with Crippen molar-refractivity contribution in [3.05, 3.63) is 35.0 Å². The number of aryl methyl sites for hydroxylation is 2. The Morgan fingerprint density at radius 3 is 1.74 bits per heavy atom. The van der Waals surface area contributed by atoms with Gasteiger partial charge >= 0.3 is 0 Å². The fourth-order valence-corrected chi connectivity index (χ4v) is 2.97. The van der Waals surface area contributed by atoms with Gasteiger partial charge in [-0.3, -0.25) is 0 Å². The molecule has 1 saturated carbocycles. The van der Waals surface area contributed by atoms with Gasteiger partial charge in [0.1, 0.15) is 11.5 Å². The van der Waals surface area contributed by atoms with Crippen LogP contribution in [0.1, 0.15) is 41.7 Å². The molecule has 0 aromatic carbocycles. The topological polar surface area (TPSA) is 92.5 Å². The lowest BCUT2D eigenvalue weighted by molar-refractivity contribution is -0.154. The largest absolute Gasteiger partial charge is 0.391 e. The second-order valence-electron chi connectivity index (χ2n) is 5.40. The molecule has 2 aromatic heterocycles. The van der Waals surface area contributed by atoms with Gasteiger partial charge < -0.3 is 19.3 Å². The minimum Gasteiger partial charge on any atom is -0.391 e. The number of nitrogens with zero attached hydrogens (tertiary/aromatic N) is 2. The first kappa shape index (κ1) is 12.4. The summed E-state index contributed by atoms with van der Waals surface area (Å²) in [6.07, 6.45) is -0.760. The van der Waals surface area contributed by atoms with Gasteiger partial charge in [0.2, 0.25) is 0 Å². The first-order valence-electron chi connectivity index (χ1n) is 6.18. The summed E-state index contributed by atoms with van der Waals surface area (Å²) in [5.74, 6) is 0.344. The molecule has 1 fully saturated rings. The minimum absolute atomic E-state index is 0.480. The van der Waals surface area contributed by atoms with E-state index in [9.17, 15) is 10.2 Å². The summed E-state index contributed by atoms with van der Waals surface area (Å²) in [5.41, 5.74) is -0.00981. The molecule has 1 aliphatic carbocycles. The van der Waals surface area contributed by atoms with Gasteiger partial charge in [0.05, 0.1) is 34.9 Å². The van der Waals surface area contributed by atoms with Gasteiger partial charge in [-0.2, -0.15) is 0 Å². The van der Waals surface area contributed by atoms with Crippen LogP contribution in [0.5, 0.6) is 0 Å². The summed E-state index contributed by atoms with van der Waals surface area (Å²) < 4.78 is 10.0.